The van der Waals surface area contributed by atoms with E-state index in [0.717, 1.165) is 21.9 Å². The minimum atomic E-state index is -0.655. The molecule has 6 nitrogen and oxygen atoms in total. The van der Waals surface area contributed by atoms with Crippen LogP contribution in [0.15, 0.2) is 60.7 Å². The minimum Gasteiger partial charge on any atom is -0.475 e. The molecule has 3 amide bonds. The van der Waals surface area contributed by atoms with Crippen molar-refractivity contribution in [2.45, 2.75) is 30.9 Å². The number of fused-ring (bicyclic) bond motifs is 2. The Morgan fingerprint density at radius 1 is 1.00 bits per heavy atom. The molecule has 1 fully saturated rings. The second-order valence-corrected chi connectivity index (χ2v) is 8.23. The minimum absolute atomic E-state index is 0.223. The van der Waals surface area contributed by atoms with E-state index in [0.29, 0.717) is 17.7 Å². The SMILES string of the molecule is O=C1CCC(N2Cc3c(OC(S)c4ccc5ccccc5c4)cccc3C2=O)C(=O)N1. The number of imide groups is 1. The van der Waals surface area contributed by atoms with Crippen LogP contribution in [0.1, 0.15) is 39.8 Å². The van der Waals surface area contributed by atoms with Gasteiger partial charge in [-0.1, -0.05) is 42.5 Å². The van der Waals surface area contributed by atoms with E-state index < -0.39 is 17.4 Å². The van der Waals surface area contributed by atoms with Gasteiger partial charge >= 0.3 is 0 Å². The average Bonchev–Trinajstić information content (AvgIpc) is 3.11. The molecule has 2 heterocycles. The fourth-order valence-corrected chi connectivity index (χ4v) is 4.49. The molecule has 3 aromatic rings. The first kappa shape index (κ1) is 19.6. The summed E-state index contributed by atoms with van der Waals surface area (Å²) < 4.78 is 6.15. The van der Waals surface area contributed by atoms with Gasteiger partial charge in [-0.3, -0.25) is 19.7 Å². The Morgan fingerprint density at radius 2 is 1.81 bits per heavy atom. The van der Waals surface area contributed by atoms with E-state index in [4.69, 9.17) is 4.74 Å². The summed E-state index contributed by atoms with van der Waals surface area (Å²) in [4.78, 5) is 38.2. The van der Waals surface area contributed by atoms with Crippen molar-refractivity contribution < 1.29 is 19.1 Å². The van der Waals surface area contributed by atoms with E-state index in [1.54, 1.807) is 12.1 Å². The Labute approximate surface area is 184 Å². The molecular weight excluding hydrogens is 412 g/mol. The van der Waals surface area contributed by atoms with Crippen LogP contribution in [-0.4, -0.2) is 28.7 Å². The van der Waals surface area contributed by atoms with Crippen molar-refractivity contribution in [3.63, 3.8) is 0 Å². The first-order valence-electron chi connectivity index (χ1n) is 10.1. The third kappa shape index (κ3) is 3.55. The standard InChI is InChI=1S/C24H20N2O4S/c27-21-11-10-19(22(28)25-21)26-13-18-17(23(26)29)6-3-7-20(18)30-24(31)16-9-8-14-4-1-2-5-15(14)12-16/h1-9,12,19,24,31H,10-11,13H2,(H,25,27,28). The molecule has 3 aromatic carbocycles. The molecule has 0 bridgehead atoms. The number of amides is 3. The summed E-state index contributed by atoms with van der Waals surface area (Å²) in [6, 6.07) is 18.8. The zero-order valence-corrected chi connectivity index (χ0v) is 17.5. The number of piperidine rings is 1. The third-order valence-electron chi connectivity index (χ3n) is 5.84. The van der Waals surface area contributed by atoms with Crippen molar-refractivity contribution in [1.82, 2.24) is 10.2 Å². The van der Waals surface area contributed by atoms with Gasteiger partial charge < -0.3 is 9.64 Å². The molecular formula is C24H20N2O4S. The van der Waals surface area contributed by atoms with Crippen LogP contribution in [0, 0.1) is 0 Å². The molecule has 5 rings (SSSR count). The normalized spacial score (nSPS) is 19.3. The smallest absolute Gasteiger partial charge is 0.255 e. The molecule has 7 heteroatoms. The van der Waals surface area contributed by atoms with Crippen LogP contribution >= 0.6 is 12.6 Å². The molecule has 31 heavy (non-hydrogen) atoms. The van der Waals surface area contributed by atoms with Crippen LogP contribution in [0.5, 0.6) is 5.75 Å². The Morgan fingerprint density at radius 3 is 2.61 bits per heavy atom. The van der Waals surface area contributed by atoms with E-state index in [9.17, 15) is 14.4 Å². The van der Waals surface area contributed by atoms with E-state index >= 15 is 0 Å². The van der Waals surface area contributed by atoms with Crippen molar-refractivity contribution in [3.05, 3.63) is 77.4 Å². The summed E-state index contributed by atoms with van der Waals surface area (Å²) >= 11 is 4.65. The summed E-state index contributed by atoms with van der Waals surface area (Å²) in [5.74, 6) is -0.393. The van der Waals surface area contributed by atoms with Crippen LogP contribution in [0.25, 0.3) is 10.8 Å². The lowest BCUT2D eigenvalue weighted by molar-refractivity contribution is -0.136. The van der Waals surface area contributed by atoms with Crippen LogP contribution in [0.4, 0.5) is 0 Å². The second kappa shape index (κ2) is 7.74. The Bertz CT molecular complexity index is 1230. The number of thiol groups is 1. The van der Waals surface area contributed by atoms with Gasteiger partial charge in [0.1, 0.15) is 11.8 Å². The largest absolute Gasteiger partial charge is 0.475 e. The first-order chi connectivity index (χ1) is 15.0. The van der Waals surface area contributed by atoms with Crippen molar-refractivity contribution >= 4 is 41.1 Å². The van der Waals surface area contributed by atoms with Gasteiger partial charge in [0, 0.05) is 23.1 Å². The maximum Gasteiger partial charge on any atom is 0.255 e. The van der Waals surface area contributed by atoms with E-state index in [-0.39, 0.29) is 24.8 Å². The lowest BCUT2D eigenvalue weighted by Gasteiger charge is -2.29. The molecule has 0 spiro atoms. The van der Waals surface area contributed by atoms with Gasteiger partial charge in [-0.15, -0.1) is 12.6 Å². The van der Waals surface area contributed by atoms with Gasteiger partial charge in [0.15, 0.2) is 5.44 Å². The molecule has 156 valence electrons. The van der Waals surface area contributed by atoms with Gasteiger partial charge in [0.05, 0.1) is 6.54 Å². The van der Waals surface area contributed by atoms with Gasteiger partial charge in [0.2, 0.25) is 11.8 Å². The van der Waals surface area contributed by atoms with Crippen LogP contribution in [0.3, 0.4) is 0 Å². The van der Waals surface area contributed by atoms with E-state index in [2.05, 4.69) is 17.9 Å². The molecule has 2 aliphatic rings. The highest BCUT2D eigenvalue weighted by atomic mass is 32.1. The number of rotatable bonds is 4. The maximum atomic E-state index is 13.0. The quantitative estimate of drug-likeness (QED) is 0.375. The Hall–Kier alpha value is -3.32. The van der Waals surface area contributed by atoms with Gasteiger partial charge in [-0.05, 0) is 35.4 Å². The molecule has 2 unspecified atom stereocenters. The summed E-state index contributed by atoms with van der Waals surface area (Å²) in [5.41, 5.74) is 1.64. The van der Waals surface area contributed by atoms with Crippen molar-refractivity contribution in [2.24, 2.45) is 0 Å². The average molecular weight is 433 g/mol. The summed E-state index contributed by atoms with van der Waals surface area (Å²) in [7, 11) is 0. The van der Waals surface area contributed by atoms with Gasteiger partial charge in [-0.2, -0.15) is 0 Å². The molecule has 0 aromatic heterocycles. The fourth-order valence-electron chi connectivity index (χ4n) is 4.22. The molecule has 2 atom stereocenters. The van der Waals surface area contributed by atoms with Crippen molar-refractivity contribution in [3.8, 4) is 5.75 Å². The second-order valence-electron chi connectivity index (χ2n) is 7.76. The van der Waals surface area contributed by atoms with E-state index in [1.165, 1.54) is 4.90 Å². The zero-order chi connectivity index (χ0) is 21.5. The Balaban J connectivity index is 1.40. The fraction of sp³-hybridized carbons (Fsp3) is 0.208. The van der Waals surface area contributed by atoms with Gasteiger partial charge in [0.25, 0.3) is 5.91 Å². The number of nitrogens with one attached hydrogen (secondary N) is 1. The van der Waals surface area contributed by atoms with Gasteiger partial charge in [-0.25, -0.2) is 0 Å². The molecule has 0 saturated carbocycles. The zero-order valence-electron chi connectivity index (χ0n) is 16.6. The number of hydrogen-bond donors (Lipinski definition) is 2. The molecule has 0 radical (unpaired) electrons. The van der Waals surface area contributed by atoms with Crippen LogP contribution < -0.4 is 10.1 Å². The predicted octanol–water partition coefficient (Wildman–Crippen LogP) is 3.61. The van der Waals surface area contributed by atoms with Crippen molar-refractivity contribution in [2.75, 3.05) is 0 Å². The number of benzene rings is 3. The molecule has 2 aliphatic heterocycles. The number of carbonyl (C=O) groups is 3. The van der Waals surface area contributed by atoms with E-state index in [1.807, 2.05) is 48.5 Å². The van der Waals surface area contributed by atoms with Crippen molar-refractivity contribution in [1.29, 1.82) is 0 Å². The molecule has 1 saturated heterocycles. The number of carbonyl (C=O) groups excluding carboxylic acids is 3. The number of hydrogen-bond acceptors (Lipinski definition) is 5. The summed E-state index contributed by atoms with van der Waals surface area (Å²) in [6.07, 6.45) is 0.549. The molecule has 1 N–H and O–H groups in total. The molecule has 0 aliphatic carbocycles. The first-order valence-corrected chi connectivity index (χ1v) is 10.6. The highest BCUT2D eigenvalue weighted by Gasteiger charge is 2.40. The lowest BCUT2D eigenvalue weighted by Crippen LogP contribution is -2.52. The van der Waals surface area contributed by atoms with Crippen LogP contribution in [0.2, 0.25) is 0 Å². The topological polar surface area (TPSA) is 75.7 Å². The number of ether oxygens (including phenoxy) is 1. The highest BCUT2D eigenvalue weighted by molar-refractivity contribution is 7.80. The lowest BCUT2D eigenvalue weighted by atomic mass is 10.0. The third-order valence-corrected chi connectivity index (χ3v) is 6.24. The summed E-state index contributed by atoms with van der Waals surface area (Å²) in [6.45, 7) is 0.259. The van der Waals surface area contributed by atoms with Crippen LogP contribution in [-0.2, 0) is 16.1 Å². The maximum absolute atomic E-state index is 13.0. The monoisotopic (exact) mass is 432 g/mol. The Kier molecular flexibility index (Phi) is 4.90. The predicted molar refractivity (Wildman–Crippen MR) is 119 cm³/mol. The number of nitrogens with zero attached hydrogens (tertiary/aromatic N) is 1. The summed E-state index contributed by atoms with van der Waals surface area (Å²) in [5, 5.41) is 4.56. The highest BCUT2D eigenvalue weighted by Crippen LogP contribution is 2.36.